The zero-order valence-electron chi connectivity index (χ0n) is 12.7. The van der Waals surface area contributed by atoms with E-state index in [4.69, 9.17) is 5.73 Å². The van der Waals surface area contributed by atoms with E-state index in [0.717, 1.165) is 12.2 Å². The van der Waals surface area contributed by atoms with E-state index >= 15 is 0 Å². The molecule has 1 fully saturated rings. The Kier molecular flexibility index (Phi) is 4.53. The smallest absolute Gasteiger partial charge is 0.255 e. The molecule has 0 bridgehead atoms. The lowest BCUT2D eigenvalue weighted by Gasteiger charge is -2.24. The van der Waals surface area contributed by atoms with Gasteiger partial charge in [0.15, 0.2) is 0 Å². The monoisotopic (exact) mass is 275 g/mol. The van der Waals surface area contributed by atoms with Crippen molar-refractivity contribution in [2.24, 2.45) is 5.92 Å². The third-order valence-corrected chi connectivity index (χ3v) is 4.09. The number of nitrogen functional groups attached to an aromatic ring is 1. The van der Waals surface area contributed by atoms with Crippen LogP contribution in [-0.4, -0.2) is 38.5 Å². The number of hydrogen-bond donors (Lipinski definition) is 1. The van der Waals surface area contributed by atoms with E-state index in [1.807, 2.05) is 43.1 Å². The summed E-state index contributed by atoms with van der Waals surface area (Å²) in [7, 11) is 5.78. The van der Waals surface area contributed by atoms with Crippen molar-refractivity contribution in [2.75, 3.05) is 38.3 Å². The van der Waals surface area contributed by atoms with Gasteiger partial charge in [0.25, 0.3) is 5.91 Å². The first-order valence-electron chi connectivity index (χ1n) is 7.31. The summed E-state index contributed by atoms with van der Waals surface area (Å²) in [5.74, 6) is 0.723. The average Bonchev–Trinajstić information content (AvgIpc) is 2.90. The minimum Gasteiger partial charge on any atom is -0.399 e. The van der Waals surface area contributed by atoms with Crippen LogP contribution in [0.4, 0.5) is 11.4 Å². The van der Waals surface area contributed by atoms with Crippen LogP contribution in [0.25, 0.3) is 0 Å². The molecule has 1 saturated carbocycles. The summed E-state index contributed by atoms with van der Waals surface area (Å²) >= 11 is 0. The second-order valence-electron chi connectivity index (χ2n) is 6.01. The van der Waals surface area contributed by atoms with Crippen molar-refractivity contribution in [2.45, 2.75) is 25.7 Å². The fraction of sp³-hybridized carbons (Fsp3) is 0.562. The number of carbonyl (C=O) groups is 1. The van der Waals surface area contributed by atoms with E-state index in [9.17, 15) is 4.79 Å². The Morgan fingerprint density at radius 1 is 1.25 bits per heavy atom. The molecule has 1 aromatic rings. The first-order valence-corrected chi connectivity index (χ1v) is 7.31. The van der Waals surface area contributed by atoms with Crippen molar-refractivity contribution >= 4 is 17.3 Å². The van der Waals surface area contributed by atoms with Crippen LogP contribution >= 0.6 is 0 Å². The number of benzene rings is 1. The summed E-state index contributed by atoms with van der Waals surface area (Å²) in [4.78, 5) is 16.5. The maximum atomic E-state index is 12.7. The van der Waals surface area contributed by atoms with E-state index in [-0.39, 0.29) is 5.91 Å². The van der Waals surface area contributed by atoms with E-state index in [1.54, 1.807) is 6.07 Å². The van der Waals surface area contributed by atoms with Crippen molar-refractivity contribution < 1.29 is 4.79 Å². The lowest BCUT2D eigenvalue weighted by atomic mass is 10.1. The lowest BCUT2D eigenvalue weighted by molar-refractivity contribution is 0.0774. The van der Waals surface area contributed by atoms with Gasteiger partial charge in [-0.1, -0.05) is 12.8 Å². The fourth-order valence-electron chi connectivity index (χ4n) is 2.98. The van der Waals surface area contributed by atoms with Gasteiger partial charge in [0.1, 0.15) is 0 Å². The van der Waals surface area contributed by atoms with Crippen molar-refractivity contribution in [1.29, 1.82) is 0 Å². The third-order valence-electron chi connectivity index (χ3n) is 4.09. The number of amides is 1. The maximum Gasteiger partial charge on any atom is 0.255 e. The minimum absolute atomic E-state index is 0.0629. The highest BCUT2D eigenvalue weighted by Crippen LogP contribution is 2.27. The van der Waals surface area contributed by atoms with Gasteiger partial charge in [-0.05, 0) is 37.0 Å². The largest absolute Gasteiger partial charge is 0.399 e. The number of rotatable bonds is 4. The zero-order valence-corrected chi connectivity index (χ0v) is 12.7. The first-order chi connectivity index (χ1) is 9.49. The van der Waals surface area contributed by atoms with Crippen LogP contribution < -0.4 is 10.6 Å². The summed E-state index contributed by atoms with van der Waals surface area (Å²) in [6.45, 7) is 0.848. The molecule has 0 radical (unpaired) electrons. The molecule has 2 rings (SSSR count). The average molecular weight is 275 g/mol. The normalized spacial score (nSPS) is 15.3. The molecule has 0 aromatic heterocycles. The molecule has 1 amide bonds. The first kappa shape index (κ1) is 14.7. The molecule has 2 N–H and O–H groups in total. The Bertz CT molecular complexity index is 479. The highest BCUT2D eigenvalue weighted by atomic mass is 16.2. The Labute approximate surface area is 121 Å². The minimum atomic E-state index is 0.0629. The molecule has 0 spiro atoms. The van der Waals surface area contributed by atoms with Crippen molar-refractivity contribution in [3.63, 3.8) is 0 Å². The molecule has 0 saturated heterocycles. The molecule has 0 atom stereocenters. The highest BCUT2D eigenvalue weighted by Gasteiger charge is 2.22. The van der Waals surface area contributed by atoms with Crippen LogP contribution in [0.3, 0.4) is 0 Å². The van der Waals surface area contributed by atoms with Crippen molar-refractivity contribution in [3.05, 3.63) is 23.8 Å². The van der Waals surface area contributed by atoms with Gasteiger partial charge < -0.3 is 15.5 Å². The summed E-state index contributed by atoms with van der Waals surface area (Å²) in [5.41, 5.74) is 8.08. The fourth-order valence-corrected chi connectivity index (χ4v) is 2.98. The van der Waals surface area contributed by atoms with Crippen LogP contribution in [0, 0.1) is 5.92 Å². The molecule has 110 valence electrons. The molecule has 0 aliphatic heterocycles. The molecule has 20 heavy (non-hydrogen) atoms. The van der Waals surface area contributed by atoms with Crippen LogP contribution in [0.2, 0.25) is 0 Å². The third kappa shape index (κ3) is 3.24. The molecule has 1 aliphatic rings. The number of hydrogen-bond acceptors (Lipinski definition) is 3. The Balaban J connectivity index is 2.16. The quantitative estimate of drug-likeness (QED) is 0.859. The van der Waals surface area contributed by atoms with Gasteiger partial charge in [0.2, 0.25) is 0 Å². The molecular formula is C16H25N3O. The molecule has 1 aliphatic carbocycles. The SMILES string of the molecule is CN(CC1CCCC1)C(=O)c1cc(N)ccc1N(C)C. The van der Waals surface area contributed by atoms with Gasteiger partial charge >= 0.3 is 0 Å². The predicted octanol–water partition coefficient (Wildman–Crippen LogP) is 2.60. The summed E-state index contributed by atoms with van der Waals surface area (Å²) in [5, 5.41) is 0. The summed E-state index contributed by atoms with van der Waals surface area (Å²) in [6.07, 6.45) is 5.09. The van der Waals surface area contributed by atoms with Gasteiger partial charge in [-0.3, -0.25) is 4.79 Å². The zero-order chi connectivity index (χ0) is 14.7. The number of carbonyl (C=O) groups excluding carboxylic acids is 1. The summed E-state index contributed by atoms with van der Waals surface area (Å²) < 4.78 is 0. The van der Waals surface area contributed by atoms with E-state index in [2.05, 4.69) is 0 Å². The molecule has 4 nitrogen and oxygen atoms in total. The maximum absolute atomic E-state index is 12.7. The number of nitrogens with two attached hydrogens (primary N) is 1. The second kappa shape index (κ2) is 6.16. The van der Waals surface area contributed by atoms with Gasteiger partial charge in [0.05, 0.1) is 5.56 Å². The molecule has 4 heteroatoms. The van der Waals surface area contributed by atoms with E-state index in [0.29, 0.717) is 17.2 Å². The highest BCUT2D eigenvalue weighted by molar-refractivity contribution is 6.00. The van der Waals surface area contributed by atoms with Gasteiger partial charge in [0, 0.05) is 39.1 Å². The van der Waals surface area contributed by atoms with Crippen LogP contribution in [0.5, 0.6) is 0 Å². The van der Waals surface area contributed by atoms with Gasteiger partial charge in [-0.25, -0.2) is 0 Å². The second-order valence-corrected chi connectivity index (χ2v) is 6.01. The Hall–Kier alpha value is -1.71. The van der Waals surface area contributed by atoms with Gasteiger partial charge in [-0.15, -0.1) is 0 Å². The van der Waals surface area contributed by atoms with Crippen LogP contribution in [0.1, 0.15) is 36.0 Å². The van der Waals surface area contributed by atoms with Crippen LogP contribution in [-0.2, 0) is 0 Å². The standard InChI is InChI=1S/C16H25N3O/c1-18(2)15-9-8-13(17)10-14(15)16(20)19(3)11-12-6-4-5-7-12/h8-10,12H,4-7,11,17H2,1-3H3. The van der Waals surface area contributed by atoms with E-state index < -0.39 is 0 Å². The number of anilines is 2. The topological polar surface area (TPSA) is 49.6 Å². The van der Waals surface area contributed by atoms with E-state index in [1.165, 1.54) is 25.7 Å². The number of nitrogens with zero attached hydrogens (tertiary/aromatic N) is 2. The van der Waals surface area contributed by atoms with Crippen molar-refractivity contribution in [1.82, 2.24) is 4.90 Å². The van der Waals surface area contributed by atoms with Gasteiger partial charge in [-0.2, -0.15) is 0 Å². The Morgan fingerprint density at radius 2 is 1.90 bits per heavy atom. The predicted molar refractivity (Wildman–Crippen MR) is 84.1 cm³/mol. The molecule has 1 aromatic carbocycles. The molecule has 0 heterocycles. The molecule has 0 unspecified atom stereocenters. The Morgan fingerprint density at radius 3 is 2.50 bits per heavy atom. The molecular weight excluding hydrogens is 250 g/mol. The lowest BCUT2D eigenvalue weighted by Crippen LogP contribution is -2.32. The summed E-state index contributed by atoms with van der Waals surface area (Å²) in [6, 6.07) is 5.53. The van der Waals surface area contributed by atoms with Crippen molar-refractivity contribution in [3.8, 4) is 0 Å². The van der Waals surface area contributed by atoms with Crippen LogP contribution in [0.15, 0.2) is 18.2 Å².